The Hall–Kier alpha value is -2.81. The van der Waals surface area contributed by atoms with Gasteiger partial charge in [-0.05, 0) is 11.6 Å². The SMILES string of the molecule is O=c1ccn([C@@H]2O[C@H](COP(=O)(O)OP(=O)(O)O)[C@H](O)C2O)c(=O)n1Cc1ccc(-c2ccccc2)cn1. The number of phosphoric ester groups is 1. The van der Waals surface area contributed by atoms with Gasteiger partial charge in [-0.2, -0.15) is 4.31 Å². The summed E-state index contributed by atoms with van der Waals surface area (Å²) < 4.78 is 37.6. The van der Waals surface area contributed by atoms with Crippen LogP contribution in [0.4, 0.5) is 0 Å². The Kier molecular flexibility index (Phi) is 8.26. The number of nitrogens with zero attached hydrogens (tertiary/aromatic N) is 3. The fourth-order valence-electron chi connectivity index (χ4n) is 3.77. The topological polar surface area (TPSA) is 220 Å². The first-order chi connectivity index (χ1) is 17.8. The van der Waals surface area contributed by atoms with E-state index in [1.165, 1.54) is 0 Å². The third-order valence-electron chi connectivity index (χ3n) is 5.57. The fraction of sp³-hybridized carbons (Fsp3) is 0.286. The van der Waals surface area contributed by atoms with Gasteiger partial charge in [0, 0.05) is 24.0 Å². The molecule has 2 aromatic heterocycles. The molecular weight excluding hydrogens is 548 g/mol. The van der Waals surface area contributed by atoms with E-state index < -0.39 is 58.0 Å². The number of aromatic nitrogens is 3. The van der Waals surface area contributed by atoms with Crippen LogP contribution in [0.5, 0.6) is 0 Å². The van der Waals surface area contributed by atoms with Gasteiger partial charge in [0.05, 0.1) is 18.8 Å². The molecule has 0 saturated carbocycles. The zero-order valence-corrected chi connectivity index (χ0v) is 21.1. The molecule has 17 heteroatoms. The van der Waals surface area contributed by atoms with Crippen molar-refractivity contribution < 1.29 is 47.6 Å². The first kappa shape index (κ1) is 28.2. The van der Waals surface area contributed by atoms with Gasteiger partial charge in [0.25, 0.3) is 5.56 Å². The summed E-state index contributed by atoms with van der Waals surface area (Å²) in [6.07, 6.45) is -3.88. The zero-order chi connectivity index (χ0) is 27.7. The molecule has 0 radical (unpaired) electrons. The zero-order valence-electron chi connectivity index (χ0n) is 19.3. The molecule has 1 saturated heterocycles. The minimum Gasteiger partial charge on any atom is -0.387 e. The van der Waals surface area contributed by atoms with Crippen molar-refractivity contribution in [1.82, 2.24) is 14.1 Å². The molecule has 3 aromatic rings. The highest BCUT2D eigenvalue weighted by molar-refractivity contribution is 7.60. The second-order valence-corrected chi connectivity index (χ2v) is 11.0. The molecule has 0 amide bonds. The summed E-state index contributed by atoms with van der Waals surface area (Å²) in [5, 5.41) is 20.7. The maximum Gasteiger partial charge on any atom is 0.481 e. The van der Waals surface area contributed by atoms with Crippen LogP contribution in [0.2, 0.25) is 0 Å². The van der Waals surface area contributed by atoms with Crippen molar-refractivity contribution in [1.29, 1.82) is 0 Å². The molecule has 2 unspecified atom stereocenters. The lowest BCUT2D eigenvalue weighted by molar-refractivity contribution is -0.0547. The molecule has 204 valence electrons. The molecule has 0 bridgehead atoms. The van der Waals surface area contributed by atoms with Crippen LogP contribution in [0.3, 0.4) is 0 Å². The van der Waals surface area contributed by atoms with E-state index in [0.717, 1.165) is 32.5 Å². The summed E-state index contributed by atoms with van der Waals surface area (Å²) in [6.45, 7) is -1.15. The Labute approximate surface area is 214 Å². The summed E-state index contributed by atoms with van der Waals surface area (Å²) in [4.78, 5) is 56.6. The summed E-state index contributed by atoms with van der Waals surface area (Å²) in [6, 6.07) is 13.9. The maximum atomic E-state index is 13.1. The maximum absolute atomic E-state index is 13.1. The van der Waals surface area contributed by atoms with Crippen LogP contribution in [0.25, 0.3) is 11.1 Å². The molecule has 1 aliphatic heterocycles. The van der Waals surface area contributed by atoms with Crippen molar-refractivity contribution in [3.05, 3.63) is 87.5 Å². The molecule has 1 aromatic carbocycles. The van der Waals surface area contributed by atoms with Crippen molar-refractivity contribution in [2.75, 3.05) is 6.61 Å². The average Bonchev–Trinajstić information content (AvgIpc) is 3.13. The Morgan fingerprint density at radius 3 is 2.29 bits per heavy atom. The molecule has 5 atom stereocenters. The van der Waals surface area contributed by atoms with Crippen molar-refractivity contribution in [2.24, 2.45) is 0 Å². The molecule has 15 nitrogen and oxygen atoms in total. The summed E-state index contributed by atoms with van der Waals surface area (Å²) in [5.41, 5.74) is 0.590. The lowest BCUT2D eigenvalue weighted by atomic mass is 10.1. The predicted octanol–water partition coefficient (Wildman–Crippen LogP) is -0.0342. The quantitative estimate of drug-likeness (QED) is 0.213. The Bertz CT molecular complexity index is 1490. The molecule has 0 spiro atoms. The number of benzene rings is 1. The highest BCUT2D eigenvalue weighted by Crippen LogP contribution is 2.57. The molecule has 1 aliphatic rings. The standard InChI is InChI=1S/C21H23N3O12P2/c25-17-8-9-23(20-19(27)18(26)16(35-20)12-34-38(32,33)36-37(29,30)31)21(28)24(17)11-15-7-6-14(10-22-15)13-4-2-1-3-5-13/h1-10,16,18-20,26-27H,11-12H2,(H,32,33)(H2,29,30,31)/t16-,18+,19?,20-/m1/s1. The lowest BCUT2D eigenvalue weighted by Crippen LogP contribution is -2.43. The van der Waals surface area contributed by atoms with Crippen LogP contribution in [-0.2, 0) is 29.2 Å². The van der Waals surface area contributed by atoms with E-state index >= 15 is 0 Å². The third kappa shape index (κ3) is 6.60. The number of hydrogen-bond donors (Lipinski definition) is 5. The summed E-state index contributed by atoms with van der Waals surface area (Å²) in [5.74, 6) is 0. The molecular formula is C21H23N3O12P2. The monoisotopic (exact) mass is 571 g/mol. The largest absolute Gasteiger partial charge is 0.481 e. The van der Waals surface area contributed by atoms with E-state index in [9.17, 15) is 33.8 Å². The Morgan fingerprint density at radius 1 is 0.947 bits per heavy atom. The van der Waals surface area contributed by atoms with Crippen molar-refractivity contribution >= 4 is 15.6 Å². The molecule has 4 rings (SSSR count). The van der Waals surface area contributed by atoms with Crippen molar-refractivity contribution in [3.8, 4) is 11.1 Å². The van der Waals surface area contributed by atoms with Gasteiger partial charge < -0.3 is 29.6 Å². The minimum atomic E-state index is -5.37. The second-order valence-electron chi connectivity index (χ2n) is 8.22. The van der Waals surface area contributed by atoms with Gasteiger partial charge in [-0.3, -0.25) is 23.4 Å². The van der Waals surface area contributed by atoms with E-state index in [4.69, 9.17) is 14.5 Å². The van der Waals surface area contributed by atoms with Gasteiger partial charge >= 0.3 is 21.3 Å². The third-order valence-corrected chi connectivity index (χ3v) is 7.72. The van der Waals surface area contributed by atoms with Crippen LogP contribution < -0.4 is 11.2 Å². The minimum absolute atomic E-state index is 0.209. The first-order valence-electron chi connectivity index (χ1n) is 10.9. The molecule has 3 heterocycles. The molecule has 0 aliphatic carbocycles. The second kappa shape index (κ2) is 11.1. The molecule has 5 N–H and O–H groups in total. The average molecular weight is 571 g/mol. The van der Waals surface area contributed by atoms with Gasteiger partial charge in [-0.25, -0.2) is 13.9 Å². The normalized spacial score (nSPS) is 23.3. The highest BCUT2D eigenvalue weighted by Gasteiger charge is 2.46. The number of aliphatic hydroxyl groups is 2. The van der Waals surface area contributed by atoms with Crippen molar-refractivity contribution in [2.45, 2.75) is 31.1 Å². The van der Waals surface area contributed by atoms with Crippen LogP contribution in [0.1, 0.15) is 11.9 Å². The molecule has 1 fully saturated rings. The summed E-state index contributed by atoms with van der Waals surface area (Å²) >= 11 is 0. The van der Waals surface area contributed by atoms with Crippen molar-refractivity contribution in [3.63, 3.8) is 0 Å². The predicted molar refractivity (Wildman–Crippen MR) is 129 cm³/mol. The number of rotatable bonds is 9. The summed E-state index contributed by atoms with van der Waals surface area (Å²) in [7, 11) is -10.6. The number of phosphoric acid groups is 2. The van der Waals surface area contributed by atoms with Crippen LogP contribution in [0, 0.1) is 0 Å². The smallest absolute Gasteiger partial charge is 0.387 e. The first-order valence-corrected chi connectivity index (χ1v) is 14.0. The van der Waals surface area contributed by atoms with Gasteiger partial charge in [-0.15, -0.1) is 0 Å². The van der Waals surface area contributed by atoms with Crippen LogP contribution in [-0.4, -0.2) is 63.9 Å². The highest BCUT2D eigenvalue weighted by atomic mass is 31.3. The number of hydrogen-bond acceptors (Lipinski definition) is 10. The van der Waals surface area contributed by atoms with Crippen LogP contribution in [0.15, 0.2) is 70.5 Å². The van der Waals surface area contributed by atoms with Gasteiger partial charge in [0.15, 0.2) is 6.23 Å². The fourth-order valence-corrected chi connectivity index (χ4v) is 5.37. The number of ether oxygens (including phenoxy) is 1. The number of pyridine rings is 1. The lowest BCUT2D eigenvalue weighted by Gasteiger charge is -2.19. The van der Waals surface area contributed by atoms with E-state index in [1.54, 1.807) is 18.3 Å². The van der Waals surface area contributed by atoms with Crippen LogP contribution >= 0.6 is 15.6 Å². The Morgan fingerprint density at radius 2 is 1.66 bits per heavy atom. The van der Waals surface area contributed by atoms with Gasteiger partial charge in [0.2, 0.25) is 0 Å². The van der Waals surface area contributed by atoms with Gasteiger partial charge in [0.1, 0.15) is 18.3 Å². The number of aliphatic hydroxyl groups excluding tert-OH is 2. The van der Waals surface area contributed by atoms with E-state index in [2.05, 4.69) is 13.8 Å². The Balaban J connectivity index is 1.51. The van der Waals surface area contributed by atoms with E-state index in [1.807, 2.05) is 30.3 Å². The van der Waals surface area contributed by atoms with E-state index in [0.29, 0.717) is 5.69 Å². The van der Waals surface area contributed by atoms with E-state index in [-0.39, 0.29) is 6.54 Å². The molecule has 38 heavy (non-hydrogen) atoms. The van der Waals surface area contributed by atoms with Gasteiger partial charge in [-0.1, -0.05) is 36.4 Å².